The Morgan fingerprint density at radius 1 is 0.400 bits per heavy atom. The van der Waals surface area contributed by atoms with E-state index in [-0.39, 0.29) is 0 Å². The summed E-state index contributed by atoms with van der Waals surface area (Å²) in [6.45, 7) is 2.01. The number of rotatable bonds is 5. The van der Waals surface area contributed by atoms with E-state index in [9.17, 15) is 0 Å². The molecule has 10 aromatic rings. The van der Waals surface area contributed by atoms with Crippen LogP contribution in [-0.4, -0.2) is 19.5 Å². The van der Waals surface area contributed by atoms with Crippen LogP contribution in [0.4, 0.5) is 0 Å². The lowest BCUT2D eigenvalue weighted by Gasteiger charge is -2.12. The number of nitrogens with zero attached hydrogens (tertiary/aromatic N) is 4. The Balaban J connectivity index is 1.21. The van der Waals surface area contributed by atoms with Gasteiger partial charge in [0.2, 0.25) is 0 Å². The highest BCUT2D eigenvalue weighted by Gasteiger charge is 2.18. The molecule has 0 atom stereocenters. The standard InChI is InChI=1S/C50H34N4O/c1-33-31-37(54-44-29-14-13-26-42(44)47-40-25-12-11-24-38(40)43(32-45(47)54)34-17-5-2-6-18-34)23-15-27-39-41(28-16-30-46(39)55-33)50-52-48(35-19-7-3-8-20-35)51-49(53-50)36-21-9-4-10-22-36/h2-32H,1H3. The SMILES string of the molecule is Cc1cc(-n2c3ccccc3c3c4ccccc4c(-c4ccccc4)cc32)cccc2c(-c3nc(-c4ccccc4)nc(-c4ccccc4)n3)cccc2o1. The topological polar surface area (TPSA) is 56.7 Å². The number of aryl methyl sites for hydroxylation is 1. The molecule has 0 spiro atoms. The third-order valence-electron chi connectivity index (χ3n) is 10.2. The number of hydrogen-bond donors (Lipinski definition) is 0. The molecule has 3 heterocycles. The number of para-hydroxylation sites is 1. The van der Waals surface area contributed by atoms with E-state index < -0.39 is 0 Å². The van der Waals surface area contributed by atoms with Crippen molar-refractivity contribution >= 4 is 43.5 Å². The van der Waals surface area contributed by atoms with Crippen LogP contribution in [-0.2, 0) is 0 Å². The van der Waals surface area contributed by atoms with E-state index in [0.717, 1.165) is 50.1 Å². The summed E-state index contributed by atoms with van der Waals surface area (Å²) in [5.41, 5.74) is 9.05. The van der Waals surface area contributed by atoms with Crippen LogP contribution in [0.1, 0.15) is 5.76 Å². The van der Waals surface area contributed by atoms with Gasteiger partial charge in [-0.1, -0.05) is 158 Å². The third kappa shape index (κ3) is 5.79. The highest BCUT2D eigenvalue weighted by atomic mass is 16.3. The Morgan fingerprint density at radius 2 is 0.945 bits per heavy atom. The van der Waals surface area contributed by atoms with Crippen molar-refractivity contribution < 1.29 is 4.42 Å². The Labute approximate surface area is 318 Å². The summed E-state index contributed by atoms with van der Waals surface area (Å²) in [4.78, 5) is 15.0. The maximum atomic E-state index is 6.71. The molecule has 0 saturated carbocycles. The molecule has 3 aromatic heterocycles. The van der Waals surface area contributed by atoms with E-state index >= 15 is 0 Å². The molecular weight excluding hydrogens is 673 g/mol. The van der Waals surface area contributed by atoms with Crippen LogP contribution < -0.4 is 0 Å². The summed E-state index contributed by atoms with van der Waals surface area (Å²) in [5, 5.41) is 5.77. The minimum absolute atomic E-state index is 0.575. The van der Waals surface area contributed by atoms with Crippen LogP contribution in [0.25, 0.3) is 94.5 Å². The second-order valence-electron chi connectivity index (χ2n) is 13.6. The van der Waals surface area contributed by atoms with Gasteiger partial charge in [-0.15, -0.1) is 0 Å². The quantitative estimate of drug-likeness (QED) is 0.179. The van der Waals surface area contributed by atoms with Crippen molar-refractivity contribution in [2.45, 2.75) is 6.92 Å². The van der Waals surface area contributed by atoms with Gasteiger partial charge in [0.05, 0.1) is 11.0 Å². The maximum Gasteiger partial charge on any atom is 0.164 e. The van der Waals surface area contributed by atoms with Gasteiger partial charge in [0.15, 0.2) is 17.5 Å². The molecule has 0 N–H and O–H groups in total. The molecule has 10 rings (SSSR count). The third-order valence-corrected chi connectivity index (χ3v) is 10.2. The molecule has 0 bridgehead atoms. The molecule has 0 amide bonds. The van der Waals surface area contributed by atoms with E-state index in [0.29, 0.717) is 17.5 Å². The molecule has 7 aromatic carbocycles. The van der Waals surface area contributed by atoms with Crippen molar-refractivity contribution in [1.29, 1.82) is 0 Å². The Kier molecular flexibility index (Phi) is 7.96. The van der Waals surface area contributed by atoms with Crippen molar-refractivity contribution in [2.24, 2.45) is 0 Å². The highest BCUT2D eigenvalue weighted by Crippen LogP contribution is 2.41. The molecule has 0 radical (unpaired) electrons. The summed E-state index contributed by atoms with van der Waals surface area (Å²) < 4.78 is 9.07. The molecule has 55 heavy (non-hydrogen) atoms. The lowest BCUT2D eigenvalue weighted by Crippen LogP contribution is -2.00. The first kappa shape index (κ1) is 32.3. The van der Waals surface area contributed by atoms with Gasteiger partial charge in [-0.3, -0.25) is 0 Å². The summed E-state index contributed by atoms with van der Waals surface area (Å²) in [6, 6.07) is 65.0. The van der Waals surface area contributed by atoms with Gasteiger partial charge in [0.25, 0.3) is 0 Å². The van der Waals surface area contributed by atoms with E-state index in [1.807, 2.05) is 79.7 Å². The van der Waals surface area contributed by atoms with Crippen molar-refractivity contribution in [1.82, 2.24) is 19.5 Å². The molecule has 5 nitrogen and oxygen atoms in total. The van der Waals surface area contributed by atoms with Crippen LogP contribution in [0.2, 0.25) is 0 Å². The van der Waals surface area contributed by atoms with E-state index in [1.165, 1.54) is 32.7 Å². The van der Waals surface area contributed by atoms with Crippen molar-refractivity contribution in [3.63, 3.8) is 0 Å². The van der Waals surface area contributed by atoms with E-state index in [4.69, 9.17) is 19.4 Å². The smallest absolute Gasteiger partial charge is 0.164 e. The fourth-order valence-electron chi connectivity index (χ4n) is 7.73. The molecule has 0 aliphatic rings. The molecule has 5 heteroatoms. The summed E-state index contributed by atoms with van der Waals surface area (Å²) in [6.07, 6.45) is 0. The monoisotopic (exact) mass is 706 g/mol. The van der Waals surface area contributed by atoms with Gasteiger partial charge in [0, 0.05) is 44.6 Å². The van der Waals surface area contributed by atoms with Crippen LogP contribution in [0, 0.1) is 6.92 Å². The first-order chi connectivity index (χ1) is 27.2. The summed E-state index contributed by atoms with van der Waals surface area (Å²) in [7, 11) is 0. The molecule has 0 saturated heterocycles. The minimum atomic E-state index is 0.575. The Hall–Kier alpha value is -7.37. The zero-order valence-corrected chi connectivity index (χ0v) is 30.1. The second kappa shape index (κ2) is 13.6. The Morgan fingerprint density at radius 3 is 1.64 bits per heavy atom. The maximum absolute atomic E-state index is 6.71. The van der Waals surface area contributed by atoms with Gasteiger partial charge < -0.3 is 8.98 Å². The lowest BCUT2D eigenvalue weighted by atomic mass is 9.95. The largest absolute Gasteiger partial charge is 0.461 e. The van der Waals surface area contributed by atoms with Crippen LogP contribution in [0.15, 0.2) is 192 Å². The number of fused-ring (bicyclic) bond motifs is 6. The van der Waals surface area contributed by atoms with E-state index in [1.54, 1.807) is 0 Å². The van der Waals surface area contributed by atoms with E-state index in [2.05, 4.69) is 120 Å². The number of hydrogen-bond acceptors (Lipinski definition) is 4. The molecule has 260 valence electrons. The first-order valence-corrected chi connectivity index (χ1v) is 18.5. The number of benzene rings is 7. The summed E-state index contributed by atoms with van der Waals surface area (Å²) in [5.74, 6) is 2.56. The van der Waals surface area contributed by atoms with Crippen LogP contribution in [0.5, 0.6) is 0 Å². The van der Waals surface area contributed by atoms with Crippen molar-refractivity contribution in [3.05, 3.63) is 194 Å². The average Bonchev–Trinajstić information content (AvgIpc) is 3.61. The normalized spacial score (nSPS) is 11.4. The fraction of sp³-hybridized carbons (Fsp3) is 0.0200. The molecule has 0 fully saturated rings. The Bertz CT molecular complexity index is 3040. The van der Waals surface area contributed by atoms with Gasteiger partial charge in [-0.25, -0.2) is 15.0 Å². The first-order valence-electron chi connectivity index (χ1n) is 18.5. The van der Waals surface area contributed by atoms with Gasteiger partial charge in [0.1, 0.15) is 11.3 Å². The molecule has 0 aliphatic carbocycles. The average molecular weight is 707 g/mol. The van der Waals surface area contributed by atoms with Gasteiger partial charge in [-0.05, 0) is 53.1 Å². The van der Waals surface area contributed by atoms with Crippen LogP contribution in [0.3, 0.4) is 0 Å². The van der Waals surface area contributed by atoms with Gasteiger partial charge in [-0.2, -0.15) is 0 Å². The predicted octanol–water partition coefficient (Wildman–Crippen LogP) is 13.0. The predicted molar refractivity (Wildman–Crippen MR) is 226 cm³/mol. The lowest BCUT2D eigenvalue weighted by molar-refractivity contribution is 0.568. The number of aromatic nitrogens is 4. The zero-order valence-electron chi connectivity index (χ0n) is 30.1. The summed E-state index contributed by atoms with van der Waals surface area (Å²) >= 11 is 0. The highest BCUT2D eigenvalue weighted by molar-refractivity contribution is 6.24. The molecular formula is C50H34N4O. The fourth-order valence-corrected chi connectivity index (χ4v) is 7.73. The second-order valence-corrected chi connectivity index (χ2v) is 13.6. The minimum Gasteiger partial charge on any atom is -0.461 e. The van der Waals surface area contributed by atoms with Gasteiger partial charge >= 0.3 is 0 Å². The van der Waals surface area contributed by atoms with Crippen molar-refractivity contribution in [2.75, 3.05) is 0 Å². The van der Waals surface area contributed by atoms with Crippen molar-refractivity contribution in [3.8, 4) is 51.0 Å². The molecule has 0 aliphatic heterocycles. The molecule has 0 unspecified atom stereocenters. The van der Waals surface area contributed by atoms with Crippen LogP contribution >= 0.6 is 0 Å². The zero-order chi connectivity index (χ0) is 36.7.